The van der Waals surface area contributed by atoms with Crippen molar-refractivity contribution in [3.63, 3.8) is 0 Å². The SMILES string of the molecule is C=CC1CN2CCC1CC2[C@H](OC(=O)Nc1cc([N+](=O)[O-])cc([N+](=O)[O-])c1)c1ccnc2ccc(OC)cc12. The standard InChI is InChI=1S/C27H27N5O7/c1-3-16-15-30-9-7-17(16)10-25(30)26(22-6-8-28-24-5-4-21(38-2)14-23(22)24)39-27(33)29-18-11-19(31(34)35)13-20(12-18)32(36)37/h3-6,8,11-14,16-17,25-26H,1,7,9-10,15H2,2H3,(H,29,33)/t16?,17?,25?,26-/m1/s1. The summed E-state index contributed by atoms with van der Waals surface area (Å²) >= 11 is 0. The van der Waals surface area contributed by atoms with Crippen molar-refractivity contribution in [3.8, 4) is 5.75 Å². The molecule has 3 aliphatic rings. The van der Waals surface area contributed by atoms with Crippen LogP contribution in [0, 0.1) is 32.1 Å². The number of anilines is 1. The molecule has 12 nitrogen and oxygen atoms in total. The molecule has 3 saturated heterocycles. The Morgan fingerprint density at radius 3 is 2.54 bits per heavy atom. The van der Waals surface area contributed by atoms with Gasteiger partial charge in [0, 0.05) is 35.8 Å². The number of hydrogen-bond donors (Lipinski definition) is 1. The molecule has 4 heterocycles. The number of piperidine rings is 3. The van der Waals surface area contributed by atoms with E-state index in [9.17, 15) is 25.0 Å². The zero-order valence-corrected chi connectivity index (χ0v) is 21.2. The van der Waals surface area contributed by atoms with Crippen molar-refractivity contribution in [1.29, 1.82) is 0 Å². The molecule has 3 aromatic rings. The number of pyridine rings is 1. The molecular weight excluding hydrogens is 506 g/mol. The van der Waals surface area contributed by atoms with Gasteiger partial charge in [-0.3, -0.25) is 35.4 Å². The van der Waals surface area contributed by atoms with Crippen molar-refractivity contribution in [2.24, 2.45) is 11.8 Å². The molecule has 1 amide bonds. The average molecular weight is 534 g/mol. The lowest BCUT2D eigenvalue weighted by Gasteiger charge is -2.51. The van der Waals surface area contributed by atoms with E-state index in [4.69, 9.17) is 9.47 Å². The van der Waals surface area contributed by atoms with Crippen LogP contribution in [0.4, 0.5) is 21.9 Å². The maximum absolute atomic E-state index is 13.2. The Morgan fingerprint density at radius 2 is 1.92 bits per heavy atom. The second kappa shape index (κ2) is 10.7. The molecule has 202 valence electrons. The minimum Gasteiger partial charge on any atom is -0.497 e. The van der Waals surface area contributed by atoms with E-state index in [0.717, 1.165) is 55.1 Å². The van der Waals surface area contributed by atoms with Gasteiger partial charge in [0.2, 0.25) is 0 Å². The number of ether oxygens (including phenoxy) is 2. The summed E-state index contributed by atoms with van der Waals surface area (Å²) in [5.74, 6) is 1.37. The largest absolute Gasteiger partial charge is 0.497 e. The number of nitrogens with zero attached hydrogens (tertiary/aromatic N) is 4. The molecule has 4 unspecified atom stereocenters. The number of hydrogen-bond acceptors (Lipinski definition) is 9. The van der Waals surface area contributed by atoms with Crippen molar-refractivity contribution in [1.82, 2.24) is 9.88 Å². The highest BCUT2D eigenvalue weighted by molar-refractivity contribution is 5.87. The highest BCUT2D eigenvalue weighted by Gasteiger charge is 2.44. The third-order valence-electron chi connectivity index (χ3n) is 7.60. The van der Waals surface area contributed by atoms with E-state index in [-0.39, 0.29) is 11.7 Å². The normalized spacial score (nSPS) is 22.6. The van der Waals surface area contributed by atoms with Crippen LogP contribution >= 0.6 is 0 Å². The first kappa shape index (κ1) is 26.0. The van der Waals surface area contributed by atoms with Gasteiger partial charge in [-0.1, -0.05) is 6.08 Å². The van der Waals surface area contributed by atoms with E-state index < -0.39 is 33.4 Å². The summed E-state index contributed by atoms with van der Waals surface area (Å²) in [5, 5.41) is 25.8. The van der Waals surface area contributed by atoms with Gasteiger partial charge in [0.15, 0.2) is 0 Å². The van der Waals surface area contributed by atoms with E-state index in [1.54, 1.807) is 19.4 Å². The molecule has 0 spiro atoms. The monoisotopic (exact) mass is 533 g/mol. The number of methoxy groups -OCH3 is 1. The third kappa shape index (κ3) is 5.23. The van der Waals surface area contributed by atoms with Crippen LogP contribution in [0.5, 0.6) is 5.75 Å². The van der Waals surface area contributed by atoms with Gasteiger partial charge in [-0.05, 0) is 55.5 Å². The molecule has 39 heavy (non-hydrogen) atoms. The summed E-state index contributed by atoms with van der Waals surface area (Å²) in [5.41, 5.74) is 0.297. The molecule has 2 bridgehead atoms. The number of rotatable bonds is 8. The smallest absolute Gasteiger partial charge is 0.412 e. The molecule has 1 aromatic heterocycles. The van der Waals surface area contributed by atoms with Crippen molar-refractivity contribution >= 4 is 34.1 Å². The van der Waals surface area contributed by atoms with E-state index in [1.165, 1.54) is 0 Å². The first-order valence-corrected chi connectivity index (χ1v) is 12.5. The Labute approximate surface area is 223 Å². The fourth-order valence-electron chi connectivity index (χ4n) is 5.70. The Morgan fingerprint density at radius 1 is 1.18 bits per heavy atom. The lowest BCUT2D eigenvalue weighted by atomic mass is 9.73. The maximum Gasteiger partial charge on any atom is 0.412 e. The number of benzene rings is 2. The van der Waals surface area contributed by atoms with Gasteiger partial charge in [0.05, 0.1) is 40.3 Å². The molecule has 2 aromatic carbocycles. The summed E-state index contributed by atoms with van der Waals surface area (Å²) in [6, 6.07) is 10.1. The van der Waals surface area contributed by atoms with Gasteiger partial charge in [-0.25, -0.2) is 4.79 Å². The number of nitro groups is 2. The van der Waals surface area contributed by atoms with Crippen LogP contribution in [0.3, 0.4) is 0 Å². The fraction of sp³-hybridized carbons (Fsp3) is 0.333. The average Bonchev–Trinajstić information content (AvgIpc) is 2.95. The van der Waals surface area contributed by atoms with Crippen molar-refractivity contribution < 1.29 is 24.1 Å². The Bertz CT molecular complexity index is 1430. The molecule has 12 heteroatoms. The van der Waals surface area contributed by atoms with Gasteiger partial charge in [0.25, 0.3) is 11.4 Å². The Kier molecular flexibility index (Phi) is 7.11. The van der Waals surface area contributed by atoms with Gasteiger partial charge in [0.1, 0.15) is 11.9 Å². The third-order valence-corrected chi connectivity index (χ3v) is 7.60. The summed E-state index contributed by atoms with van der Waals surface area (Å²) in [6.07, 6.45) is 3.84. The number of fused-ring (bicyclic) bond motifs is 4. The minimum atomic E-state index is -0.884. The lowest BCUT2D eigenvalue weighted by molar-refractivity contribution is -0.394. The second-order valence-corrected chi connectivity index (χ2v) is 9.73. The van der Waals surface area contributed by atoms with Gasteiger partial charge >= 0.3 is 6.09 Å². The Hall–Kier alpha value is -4.58. The number of aromatic nitrogens is 1. The highest BCUT2D eigenvalue weighted by atomic mass is 16.6. The highest BCUT2D eigenvalue weighted by Crippen LogP contribution is 2.44. The van der Waals surface area contributed by atoms with Crippen LogP contribution in [0.25, 0.3) is 10.9 Å². The first-order chi connectivity index (χ1) is 18.8. The molecule has 3 fully saturated rings. The number of non-ortho nitro benzene ring substituents is 2. The lowest BCUT2D eigenvalue weighted by Crippen LogP contribution is -2.55. The molecule has 0 radical (unpaired) electrons. The zero-order valence-electron chi connectivity index (χ0n) is 21.2. The van der Waals surface area contributed by atoms with E-state index in [0.29, 0.717) is 23.1 Å². The van der Waals surface area contributed by atoms with Crippen LogP contribution in [0.15, 0.2) is 61.3 Å². The van der Waals surface area contributed by atoms with Crippen LogP contribution in [0.2, 0.25) is 0 Å². The van der Waals surface area contributed by atoms with E-state index in [1.807, 2.05) is 24.3 Å². The topological polar surface area (TPSA) is 150 Å². The van der Waals surface area contributed by atoms with Crippen molar-refractivity contribution in [3.05, 3.63) is 87.1 Å². The molecular formula is C27H27N5O7. The number of amides is 1. The Balaban J connectivity index is 1.51. The van der Waals surface area contributed by atoms with E-state index >= 15 is 0 Å². The zero-order chi connectivity index (χ0) is 27.7. The van der Waals surface area contributed by atoms with Gasteiger partial charge in [-0.2, -0.15) is 0 Å². The number of nitro benzene ring substituents is 2. The molecule has 1 N–H and O–H groups in total. The molecule has 0 saturated carbocycles. The van der Waals surface area contributed by atoms with Crippen LogP contribution in [0.1, 0.15) is 24.5 Å². The fourth-order valence-corrected chi connectivity index (χ4v) is 5.70. The minimum absolute atomic E-state index is 0.113. The van der Waals surface area contributed by atoms with Crippen molar-refractivity contribution in [2.75, 3.05) is 25.5 Å². The quantitative estimate of drug-likeness (QED) is 0.233. The van der Waals surface area contributed by atoms with Gasteiger partial charge in [-0.15, -0.1) is 6.58 Å². The predicted octanol–water partition coefficient (Wildman–Crippen LogP) is 5.25. The van der Waals surface area contributed by atoms with Crippen LogP contribution < -0.4 is 10.1 Å². The molecule has 3 aliphatic heterocycles. The van der Waals surface area contributed by atoms with Crippen LogP contribution in [-0.2, 0) is 4.74 Å². The summed E-state index contributed by atoms with van der Waals surface area (Å²) in [6.45, 7) is 5.63. The summed E-state index contributed by atoms with van der Waals surface area (Å²) in [7, 11) is 1.57. The number of carbonyl (C=O) groups excluding carboxylic acids is 1. The molecule has 5 atom stereocenters. The summed E-state index contributed by atoms with van der Waals surface area (Å²) in [4.78, 5) is 41.1. The van der Waals surface area contributed by atoms with E-state index in [2.05, 4.69) is 21.8 Å². The van der Waals surface area contributed by atoms with Gasteiger partial charge < -0.3 is 9.47 Å². The predicted molar refractivity (Wildman–Crippen MR) is 143 cm³/mol. The van der Waals surface area contributed by atoms with Crippen LogP contribution in [-0.4, -0.2) is 52.1 Å². The molecule has 0 aliphatic carbocycles. The molecule has 6 rings (SSSR count). The van der Waals surface area contributed by atoms with Crippen molar-refractivity contribution in [2.45, 2.75) is 25.0 Å². The summed E-state index contributed by atoms with van der Waals surface area (Å²) < 4.78 is 11.5. The maximum atomic E-state index is 13.2. The number of carbonyl (C=O) groups is 1. The second-order valence-electron chi connectivity index (χ2n) is 9.73. The first-order valence-electron chi connectivity index (χ1n) is 12.5. The number of nitrogens with one attached hydrogen (secondary N) is 1.